The molecule has 1 aromatic heterocycles. The third-order valence-corrected chi connectivity index (χ3v) is 4.36. The number of nitrogens with zero attached hydrogens (tertiary/aromatic N) is 2. The largest absolute Gasteiger partial charge is 0.324 e. The van der Waals surface area contributed by atoms with Crippen molar-refractivity contribution < 1.29 is 0 Å². The molecule has 1 aliphatic carbocycles. The molecule has 4 heteroatoms. The van der Waals surface area contributed by atoms with Crippen LogP contribution in [0.25, 0.3) is 0 Å². The van der Waals surface area contributed by atoms with E-state index in [1.807, 2.05) is 12.3 Å². The van der Waals surface area contributed by atoms with Crippen LogP contribution in [0.2, 0.25) is 0 Å². The van der Waals surface area contributed by atoms with E-state index in [4.69, 9.17) is 5.73 Å². The molecule has 0 spiro atoms. The van der Waals surface area contributed by atoms with Gasteiger partial charge in [-0.2, -0.15) is 5.10 Å². The lowest BCUT2D eigenvalue weighted by atomic mass is 9.94. The van der Waals surface area contributed by atoms with Gasteiger partial charge in [0.2, 0.25) is 0 Å². The molecule has 1 aromatic carbocycles. The average molecular weight is 306 g/mol. The predicted molar refractivity (Wildman–Crippen MR) is 75.3 cm³/mol. The summed E-state index contributed by atoms with van der Waals surface area (Å²) in [5.74, 6) is 0. The van der Waals surface area contributed by atoms with Crippen LogP contribution in [0.1, 0.15) is 35.7 Å². The second-order valence-corrected chi connectivity index (χ2v) is 5.65. The zero-order chi connectivity index (χ0) is 12.5. The van der Waals surface area contributed by atoms with Crippen molar-refractivity contribution in [3.63, 3.8) is 0 Å². The van der Waals surface area contributed by atoms with Crippen LogP contribution in [0.3, 0.4) is 0 Å². The summed E-state index contributed by atoms with van der Waals surface area (Å²) >= 11 is 3.58. The van der Waals surface area contributed by atoms with Gasteiger partial charge in [0, 0.05) is 21.8 Å². The van der Waals surface area contributed by atoms with Crippen molar-refractivity contribution in [3.8, 4) is 0 Å². The Labute approximate surface area is 115 Å². The summed E-state index contributed by atoms with van der Waals surface area (Å²) in [7, 11) is 0. The van der Waals surface area contributed by atoms with Gasteiger partial charge in [0.15, 0.2) is 0 Å². The Kier molecular flexibility index (Phi) is 3.22. The lowest BCUT2D eigenvalue weighted by molar-refractivity contribution is 0.537. The SMILES string of the molecule is NC1CCCc2c1cnn2Cc1ccccc1Br. The Balaban J connectivity index is 1.92. The number of fused-ring (bicyclic) bond motifs is 1. The standard InChI is InChI=1S/C14H16BrN3/c15-12-5-2-1-4-10(12)9-18-14-7-3-6-13(16)11(14)8-17-18/h1-2,4-5,8,13H,3,6-7,9,16H2. The van der Waals surface area contributed by atoms with Crippen molar-refractivity contribution >= 4 is 15.9 Å². The molecule has 1 atom stereocenters. The molecule has 0 radical (unpaired) electrons. The molecule has 2 N–H and O–H groups in total. The van der Waals surface area contributed by atoms with Crippen molar-refractivity contribution in [1.82, 2.24) is 9.78 Å². The third kappa shape index (κ3) is 2.10. The minimum Gasteiger partial charge on any atom is -0.324 e. The monoisotopic (exact) mass is 305 g/mol. The van der Waals surface area contributed by atoms with E-state index in [0.29, 0.717) is 0 Å². The van der Waals surface area contributed by atoms with Crippen molar-refractivity contribution in [1.29, 1.82) is 0 Å². The number of hydrogen-bond donors (Lipinski definition) is 1. The van der Waals surface area contributed by atoms with Gasteiger partial charge in [0.05, 0.1) is 12.7 Å². The summed E-state index contributed by atoms with van der Waals surface area (Å²) in [5.41, 5.74) is 9.91. The number of aromatic nitrogens is 2. The Morgan fingerprint density at radius 2 is 2.22 bits per heavy atom. The number of benzene rings is 1. The van der Waals surface area contributed by atoms with Gasteiger partial charge in [-0.25, -0.2) is 0 Å². The Morgan fingerprint density at radius 1 is 1.39 bits per heavy atom. The molecule has 0 saturated heterocycles. The molecule has 94 valence electrons. The molecule has 1 heterocycles. The van der Waals surface area contributed by atoms with Crippen LogP contribution in [0, 0.1) is 0 Å². The molecule has 0 bridgehead atoms. The second-order valence-electron chi connectivity index (χ2n) is 4.79. The van der Waals surface area contributed by atoms with Crippen LogP contribution in [-0.4, -0.2) is 9.78 Å². The summed E-state index contributed by atoms with van der Waals surface area (Å²) in [6.07, 6.45) is 5.27. The summed E-state index contributed by atoms with van der Waals surface area (Å²) in [6.45, 7) is 0.809. The van der Waals surface area contributed by atoms with Crippen LogP contribution in [-0.2, 0) is 13.0 Å². The highest BCUT2D eigenvalue weighted by molar-refractivity contribution is 9.10. The third-order valence-electron chi connectivity index (χ3n) is 3.59. The zero-order valence-corrected chi connectivity index (χ0v) is 11.7. The zero-order valence-electron chi connectivity index (χ0n) is 10.1. The minimum absolute atomic E-state index is 0.168. The van der Waals surface area contributed by atoms with E-state index in [9.17, 15) is 0 Å². The second kappa shape index (κ2) is 4.86. The van der Waals surface area contributed by atoms with Gasteiger partial charge in [0.1, 0.15) is 0 Å². The van der Waals surface area contributed by atoms with Crippen LogP contribution in [0.15, 0.2) is 34.9 Å². The Bertz CT molecular complexity index is 562. The molecule has 18 heavy (non-hydrogen) atoms. The fraction of sp³-hybridized carbons (Fsp3) is 0.357. The van der Waals surface area contributed by atoms with Gasteiger partial charge < -0.3 is 5.73 Å². The normalized spacial score (nSPS) is 18.7. The van der Waals surface area contributed by atoms with E-state index in [1.165, 1.54) is 16.8 Å². The average Bonchev–Trinajstić information content (AvgIpc) is 2.77. The molecule has 0 aliphatic heterocycles. The first kappa shape index (κ1) is 11.9. The highest BCUT2D eigenvalue weighted by Gasteiger charge is 2.21. The molecular weight excluding hydrogens is 290 g/mol. The number of nitrogens with two attached hydrogens (primary N) is 1. The van der Waals surface area contributed by atoms with E-state index in [-0.39, 0.29) is 6.04 Å². The van der Waals surface area contributed by atoms with Gasteiger partial charge >= 0.3 is 0 Å². The molecule has 0 saturated carbocycles. The van der Waals surface area contributed by atoms with E-state index in [0.717, 1.165) is 30.3 Å². The first-order valence-corrected chi connectivity index (χ1v) is 7.08. The van der Waals surface area contributed by atoms with Crippen molar-refractivity contribution in [2.24, 2.45) is 5.73 Å². The predicted octanol–water partition coefficient (Wildman–Crippen LogP) is 3.03. The van der Waals surface area contributed by atoms with E-state index < -0.39 is 0 Å². The van der Waals surface area contributed by atoms with Gasteiger partial charge in [-0.1, -0.05) is 34.1 Å². The van der Waals surface area contributed by atoms with Crippen molar-refractivity contribution in [3.05, 3.63) is 51.8 Å². The molecule has 3 rings (SSSR count). The van der Waals surface area contributed by atoms with E-state index >= 15 is 0 Å². The van der Waals surface area contributed by atoms with Crippen LogP contribution in [0.4, 0.5) is 0 Å². The van der Waals surface area contributed by atoms with Crippen LogP contribution < -0.4 is 5.73 Å². The number of rotatable bonds is 2. The lowest BCUT2D eigenvalue weighted by Gasteiger charge is -2.19. The van der Waals surface area contributed by atoms with Gasteiger partial charge in [-0.15, -0.1) is 0 Å². The maximum absolute atomic E-state index is 6.12. The fourth-order valence-electron chi connectivity index (χ4n) is 2.58. The molecule has 2 aromatic rings. The maximum atomic E-state index is 6.12. The summed E-state index contributed by atoms with van der Waals surface area (Å²) < 4.78 is 3.23. The first-order valence-electron chi connectivity index (χ1n) is 6.29. The lowest BCUT2D eigenvalue weighted by Crippen LogP contribution is -2.18. The molecule has 3 nitrogen and oxygen atoms in total. The summed E-state index contributed by atoms with van der Waals surface area (Å²) in [5, 5.41) is 4.50. The molecule has 0 fully saturated rings. The Hall–Kier alpha value is -1.13. The highest BCUT2D eigenvalue weighted by atomic mass is 79.9. The molecule has 0 amide bonds. The quantitative estimate of drug-likeness (QED) is 0.927. The van der Waals surface area contributed by atoms with Crippen LogP contribution >= 0.6 is 15.9 Å². The maximum Gasteiger partial charge on any atom is 0.0673 e. The summed E-state index contributed by atoms with van der Waals surface area (Å²) in [4.78, 5) is 0. The molecule has 1 unspecified atom stereocenters. The number of hydrogen-bond acceptors (Lipinski definition) is 2. The van der Waals surface area contributed by atoms with Gasteiger partial charge in [-0.3, -0.25) is 4.68 Å². The van der Waals surface area contributed by atoms with Gasteiger partial charge in [-0.05, 0) is 30.9 Å². The van der Waals surface area contributed by atoms with Crippen molar-refractivity contribution in [2.75, 3.05) is 0 Å². The number of halogens is 1. The summed E-state index contributed by atoms with van der Waals surface area (Å²) in [6, 6.07) is 8.45. The molecule has 1 aliphatic rings. The highest BCUT2D eigenvalue weighted by Crippen LogP contribution is 2.28. The van der Waals surface area contributed by atoms with Crippen LogP contribution in [0.5, 0.6) is 0 Å². The smallest absolute Gasteiger partial charge is 0.0673 e. The Morgan fingerprint density at radius 3 is 3.06 bits per heavy atom. The van der Waals surface area contributed by atoms with Crippen molar-refractivity contribution in [2.45, 2.75) is 31.8 Å². The fourth-order valence-corrected chi connectivity index (χ4v) is 2.99. The first-order chi connectivity index (χ1) is 8.75. The minimum atomic E-state index is 0.168. The topological polar surface area (TPSA) is 43.8 Å². The van der Waals surface area contributed by atoms with Gasteiger partial charge in [0.25, 0.3) is 0 Å². The molecular formula is C14H16BrN3. The van der Waals surface area contributed by atoms with E-state index in [1.54, 1.807) is 0 Å². The van der Waals surface area contributed by atoms with E-state index in [2.05, 4.69) is 43.9 Å².